The molecule has 0 N–H and O–H groups in total. The van der Waals surface area contributed by atoms with E-state index < -0.39 is 0 Å². The zero-order chi connectivity index (χ0) is 21.7. The number of carbonyl (C=O) groups excluding carboxylic acids is 3. The topological polar surface area (TPSA) is 72.9 Å². The Morgan fingerprint density at radius 1 is 1.10 bits per heavy atom. The van der Waals surface area contributed by atoms with Crippen LogP contribution in [0.15, 0.2) is 53.0 Å². The lowest BCUT2D eigenvalue weighted by Gasteiger charge is -2.25. The van der Waals surface area contributed by atoms with Crippen molar-refractivity contribution in [2.45, 2.75) is 13.3 Å². The van der Waals surface area contributed by atoms with Crippen LogP contribution in [-0.2, 0) is 30.3 Å². The molecule has 7 heteroatoms. The van der Waals surface area contributed by atoms with E-state index in [0.29, 0.717) is 17.6 Å². The van der Waals surface area contributed by atoms with E-state index in [1.807, 2.05) is 40.9 Å². The highest BCUT2D eigenvalue weighted by atomic mass is 32.2. The monoisotopic (exact) mass is 427 g/mol. The Hall–Kier alpha value is -2.80. The molecule has 1 aromatic carbocycles. The summed E-state index contributed by atoms with van der Waals surface area (Å²) in [5.41, 5.74) is 2.48. The lowest BCUT2D eigenvalue weighted by Crippen LogP contribution is -2.36. The number of Topliss-reactive ketones (excluding diaryl/α,β-unsaturated/α-hetero) is 2. The van der Waals surface area contributed by atoms with E-state index >= 15 is 0 Å². The number of allylic oxidation sites excluding steroid dienone is 2. The molecule has 0 bridgehead atoms. The number of amides is 1. The maximum atomic E-state index is 12.8. The van der Waals surface area contributed by atoms with Crippen molar-refractivity contribution in [2.24, 2.45) is 0 Å². The number of carbonyl (C=O) groups is 3. The van der Waals surface area contributed by atoms with Crippen LogP contribution in [0.2, 0.25) is 0 Å². The van der Waals surface area contributed by atoms with Gasteiger partial charge in [-0.2, -0.15) is 11.8 Å². The molecule has 0 atom stereocenters. The molecule has 1 saturated heterocycles. The van der Waals surface area contributed by atoms with Gasteiger partial charge in [-0.25, -0.2) is 0 Å². The third-order valence-electron chi connectivity index (χ3n) is 5.17. The Balaban J connectivity index is 1.77. The summed E-state index contributed by atoms with van der Waals surface area (Å²) in [6.07, 6.45) is 3.66. The van der Waals surface area contributed by atoms with Gasteiger partial charge in [-0.1, -0.05) is 24.3 Å². The summed E-state index contributed by atoms with van der Waals surface area (Å²) in [7, 11) is 2.69. The standard InChI is InChI=1S/C23H25NO5S/c1-15-18(21(27)23(29-3)22(28-2)20(15)26)14-17-6-4-5-16(13-17)7-8-19(25)24-9-11-30-12-10-24/h4-8,13H,9-12,14H2,1-3H3. The molecule has 0 saturated carbocycles. The van der Waals surface area contributed by atoms with E-state index in [1.165, 1.54) is 14.2 Å². The average molecular weight is 428 g/mol. The number of rotatable bonds is 6. The van der Waals surface area contributed by atoms with Crippen molar-refractivity contribution < 1.29 is 23.9 Å². The van der Waals surface area contributed by atoms with Crippen LogP contribution in [0.25, 0.3) is 6.08 Å². The van der Waals surface area contributed by atoms with Gasteiger partial charge in [0.15, 0.2) is 0 Å². The molecular weight excluding hydrogens is 402 g/mol. The van der Waals surface area contributed by atoms with E-state index in [1.54, 1.807) is 19.1 Å². The van der Waals surface area contributed by atoms with Crippen molar-refractivity contribution in [3.8, 4) is 0 Å². The van der Waals surface area contributed by atoms with Gasteiger partial charge in [0.1, 0.15) is 0 Å². The Labute approximate surface area is 180 Å². The largest absolute Gasteiger partial charge is 0.489 e. The van der Waals surface area contributed by atoms with Gasteiger partial charge in [-0.3, -0.25) is 14.4 Å². The van der Waals surface area contributed by atoms with Crippen molar-refractivity contribution in [1.29, 1.82) is 0 Å². The first-order valence-electron chi connectivity index (χ1n) is 9.71. The van der Waals surface area contributed by atoms with Gasteiger partial charge < -0.3 is 14.4 Å². The maximum absolute atomic E-state index is 12.8. The Bertz CT molecular complexity index is 954. The number of ketones is 2. The van der Waals surface area contributed by atoms with Gasteiger partial charge >= 0.3 is 0 Å². The number of ether oxygens (including phenoxy) is 2. The summed E-state index contributed by atoms with van der Waals surface area (Å²) in [6, 6.07) is 7.57. The van der Waals surface area contributed by atoms with Crippen molar-refractivity contribution in [3.63, 3.8) is 0 Å². The fourth-order valence-electron chi connectivity index (χ4n) is 3.47. The van der Waals surface area contributed by atoms with E-state index in [2.05, 4.69) is 0 Å². The highest BCUT2D eigenvalue weighted by Gasteiger charge is 2.34. The molecule has 0 spiro atoms. The SMILES string of the molecule is COC1=C(OC)C(=O)C(Cc2cccc(C=CC(=O)N3CCSCC3)c2)=C(C)C1=O. The van der Waals surface area contributed by atoms with Gasteiger partial charge in [-0.05, 0) is 24.1 Å². The molecule has 1 aliphatic carbocycles. The van der Waals surface area contributed by atoms with Crippen LogP contribution in [0.5, 0.6) is 0 Å². The number of benzene rings is 1. The number of nitrogens with zero attached hydrogens (tertiary/aromatic N) is 1. The zero-order valence-corrected chi connectivity index (χ0v) is 18.2. The summed E-state index contributed by atoms with van der Waals surface area (Å²) in [5.74, 6) is 1.14. The third-order valence-corrected chi connectivity index (χ3v) is 6.11. The molecule has 0 radical (unpaired) electrons. The highest BCUT2D eigenvalue weighted by molar-refractivity contribution is 7.99. The Morgan fingerprint density at radius 2 is 1.77 bits per heavy atom. The van der Waals surface area contributed by atoms with Gasteiger partial charge in [-0.15, -0.1) is 0 Å². The molecule has 1 fully saturated rings. The summed E-state index contributed by atoms with van der Waals surface area (Å²) < 4.78 is 10.2. The van der Waals surface area contributed by atoms with Crippen LogP contribution in [0.4, 0.5) is 0 Å². The molecule has 3 rings (SSSR count). The second-order valence-corrected chi connectivity index (χ2v) is 8.25. The fraction of sp³-hybridized carbons (Fsp3) is 0.348. The summed E-state index contributed by atoms with van der Waals surface area (Å²) in [6.45, 7) is 3.17. The molecule has 158 valence electrons. The lowest BCUT2D eigenvalue weighted by molar-refractivity contribution is -0.125. The second-order valence-electron chi connectivity index (χ2n) is 7.02. The summed E-state index contributed by atoms with van der Waals surface area (Å²) in [5, 5.41) is 0. The van der Waals surface area contributed by atoms with E-state index in [0.717, 1.165) is 35.7 Å². The number of thioether (sulfide) groups is 1. The molecule has 1 aromatic rings. The van der Waals surface area contributed by atoms with Crippen molar-refractivity contribution in [1.82, 2.24) is 4.90 Å². The number of methoxy groups -OCH3 is 2. The van der Waals surface area contributed by atoms with Gasteiger partial charge in [0.05, 0.1) is 14.2 Å². The van der Waals surface area contributed by atoms with Crippen LogP contribution in [0, 0.1) is 0 Å². The Morgan fingerprint density at radius 3 is 2.43 bits per heavy atom. The minimum atomic E-state index is -0.342. The highest BCUT2D eigenvalue weighted by Crippen LogP contribution is 2.28. The van der Waals surface area contributed by atoms with E-state index in [9.17, 15) is 14.4 Å². The van der Waals surface area contributed by atoms with E-state index in [4.69, 9.17) is 9.47 Å². The van der Waals surface area contributed by atoms with Crippen LogP contribution in [0.1, 0.15) is 18.1 Å². The second kappa shape index (κ2) is 9.80. The minimum absolute atomic E-state index is 0.00859. The molecule has 2 aliphatic rings. The lowest BCUT2D eigenvalue weighted by atomic mass is 9.88. The number of hydrogen-bond acceptors (Lipinski definition) is 6. The van der Waals surface area contributed by atoms with Crippen molar-refractivity contribution in [3.05, 3.63) is 64.1 Å². The van der Waals surface area contributed by atoms with Crippen molar-refractivity contribution >= 4 is 35.3 Å². The smallest absolute Gasteiger partial charge is 0.246 e. The van der Waals surface area contributed by atoms with Gasteiger partial charge in [0.2, 0.25) is 29.0 Å². The molecular formula is C23H25NO5S. The molecule has 0 unspecified atom stereocenters. The first kappa shape index (κ1) is 21.9. The molecule has 30 heavy (non-hydrogen) atoms. The fourth-order valence-corrected chi connectivity index (χ4v) is 4.38. The molecule has 6 nitrogen and oxygen atoms in total. The van der Waals surface area contributed by atoms with Crippen LogP contribution in [0.3, 0.4) is 0 Å². The van der Waals surface area contributed by atoms with Crippen molar-refractivity contribution in [2.75, 3.05) is 38.8 Å². The summed E-state index contributed by atoms with van der Waals surface area (Å²) in [4.78, 5) is 39.5. The molecule has 0 aromatic heterocycles. The van der Waals surface area contributed by atoms with Crippen LogP contribution in [-0.4, -0.2) is 61.2 Å². The summed E-state index contributed by atoms with van der Waals surface area (Å²) >= 11 is 1.86. The predicted molar refractivity (Wildman–Crippen MR) is 117 cm³/mol. The normalized spacial score (nSPS) is 17.8. The molecule has 1 aliphatic heterocycles. The molecule has 1 heterocycles. The van der Waals surface area contributed by atoms with Crippen LogP contribution < -0.4 is 0 Å². The van der Waals surface area contributed by atoms with Gasteiger partial charge in [0, 0.05) is 48.2 Å². The zero-order valence-electron chi connectivity index (χ0n) is 17.4. The molecule has 1 amide bonds. The average Bonchev–Trinajstić information content (AvgIpc) is 2.78. The minimum Gasteiger partial charge on any atom is -0.489 e. The third kappa shape index (κ3) is 4.67. The first-order chi connectivity index (χ1) is 14.5. The maximum Gasteiger partial charge on any atom is 0.246 e. The van der Waals surface area contributed by atoms with E-state index in [-0.39, 0.29) is 29.0 Å². The predicted octanol–water partition coefficient (Wildman–Crippen LogP) is 2.79. The van der Waals surface area contributed by atoms with Gasteiger partial charge in [0.25, 0.3) is 0 Å². The number of hydrogen-bond donors (Lipinski definition) is 0. The van der Waals surface area contributed by atoms with Crippen LogP contribution >= 0.6 is 11.8 Å². The quantitative estimate of drug-likeness (QED) is 0.514. The first-order valence-corrected chi connectivity index (χ1v) is 10.9. The Kier molecular flexibility index (Phi) is 7.15.